The van der Waals surface area contributed by atoms with Crippen LogP contribution in [-0.2, 0) is 9.59 Å². The van der Waals surface area contributed by atoms with Crippen molar-refractivity contribution >= 4 is 11.8 Å². The molecule has 2 amide bonds. The standard InChI is InChI=1S/C24H30N2O4/c1-17-9-10-18(2)24(19(17)3)30-15-22(27)25-20-11-13-26(14-12-20)23(28)16-29-21-7-5-4-6-8-21/h4-10,20H,11-16H2,1-3H3,(H,25,27). The molecule has 0 spiro atoms. The molecule has 30 heavy (non-hydrogen) atoms. The molecule has 3 rings (SSSR count). The first-order chi connectivity index (χ1) is 14.4. The van der Waals surface area contributed by atoms with Gasteiger partial charge in [-0.25, -0.2) is 0 Å². The van der Waals surface area contributed by atoms with Gasteiger partial charge in [-0.2, -0.15) is 0 Å². The van der Waals surface area contributed by atoms with Gasteiger partial charge in [0, 0.05) is 19.1 Å². The van der Waals surface area contributed by atoms with E-state index in [0.29, 0.717) is 18.8 Å². The maximum absolute atomic E-state index is 12.3. The number of ether oxygens (including phenoxy) is 2. The maximum atomic E-state index is 12.3. The van der Waals surface area contributed by atoms with Gasteiger partial charge in [-0.05, 0) is 62.4 Å². The van der Waals surface area contributed by atoms with Crippen molar-refractivity contribution in [3.63, 3.8) is 0 Å². The van der Waals surface area contributed by atoms with Crippen LogP contribution >= 0.6 is 0 Å². The zero-order valence-electron chi connectivity index (χ0n) is 17.9. The van der Waals surface area contributed by atoms with Crippen LogP contribution in [-0.4, -0.2) is 49.1 Å². The smallest absolute Gasteiger partial charge is 0.260 e. The van der Waals surface area contributed by atoms with E-state index in [0.717, 1.165) is 35.3 Å². The second-order valence-corrected chi connectivity index (χ2v) is 7.77. The van der Waals surface area contributed by atoms with Crippen molar-refractivity contribution < 1.29 is 19.1 Å². The van der Waals surface area contributed by atoms with E-state index < -0.39 is 0 Å². The lowest BCUT2D eigenvalue weighted by Gasteiger charge is -2.32. The highest BCUT2D eigenvalue weighted by molar-refractivity contribution is 5.79. The quantitative estimate of drug-likeness (QED) is 0.761. The van der Waals surface area contributed by atoms with Gasteiger partial charge in [0.25, 0.3) is 11.8 Å². The Kier molecular flexibility index (Phi) is 7.33. The largest absolute Gasteiger partial charge is 0.484 e. The molecule has 0 bridgehead atoms. The molecule has 0 radical (unpaired) electrons. The molecule has 1 aliphatic heterocycles. The Morgan fingerprint density at radius 2 is 1.60 bits per heavy atom. The van der Waals surface area contributed by atoms with Crippen LogP contribution in [0.2, 0.25) is 0 Å². The molecule has 0 atom stereocenters. The summed E-state index contributed by atoms with van der Waals surface area (Å²) in [7, 11) is 0. The van der Waals surface area contributed by atoms with Crippen molar-refractivity contribution in [2.75, 3.05) is 26.3 Å². The van der Waals surface area contributed by atoms with Crippen LogP contribution in [0, 0.1) is 20.8 Å². The molecular formula is C24H30N2O4. The topological polar surface area (TPSA) is 67.9 Å². The molecule has 0 aliphatic carbocycles. The van der Waals surface area contributed by atoms with Crippen molar-refractivity contribution in [2.24, 2.45) is 0 Å². The Morgan fingerprint density at radius 3 is 2.30 bits per heavy atom. The average Bonchev–Trinajstić information content (AvgIpc) is 2.76. The lowest BCUT2D eigenvalue weighted by Crippen LogP contribution is -2.48. The van der Waals surface area contributed by atoms with E-state index in [9.17, 15) is 9.59 Å². The molecule has 1 N–H and O–H groups in total. The second kappa shape index (κ2) is 10.1. The Morgan fingerprint density at radius 1 is 0.933 bits per heavy atom. The Hall–Kier alpha value is -3.02. The molecule has 1 heterocycles. The molecule has 1 aliphatic rings. The fraction of sp³-hybridized carbons (Fsp3) is 0.417. The summed E-state index contributed by atoms with van der Waals surface area (Å²) in [6.07, 6.45) is 1.45. The number of carbonyl (C=O) groups excluding carboxylic acids is 2. The normalized spacial score (nSPS) is 14.3. The third-order valence-electron chi connectivity index (χ3n) is 5.54. The fourth-order valence-electron chi connectivity index (χ4n) is 3.58. The zero-order chi connectivity index (χ0) is 21.5. The van der Waals surface area contributed by atoms with Crippen LogP contribution in [0.4, 0.5) is 0 Å². The highest BCUT2D eigenvalue weighted by Crippen LogP contribution is 2.25. The van der Waals surface area contributed by atoms with Crippen molar-refractivity contribution in [3.05, 3.63) is 59.2 Å². The number of rotatable bonds is 7. The first-order valence-corrected chi connectivity index (χ1v) is 10.4. The van der Waals surface area contributed by atoms with Gasteiger partial charge in [-0.1, -0.05) is 30.3 Å². The van der Waals surface area contributed by atoms with E-state index in [1.54, 1.807) is 4.90 Å². The molecule has 1 saturated heterocycles. The van der Waals surface area contributed by atoms with Crippen LogP contribution in [0.15, 0.2) is 42.5 Å². The SMILES string of the molecule is Cc1ccc(C)c(OCC(=O)NC2CCN(C(=O)COc3ccccc3)CC2)c1C. The Labute approximate surface area is 178 Å². The minimum absolute atomic E-state index is 0.00477. The van der Waals surface area contributed by atoms with Crippen molar-refractivity contribution in [1.82, 2.24) is 10.2 Å². The number of nitrogens with zero attached hydrogens (tertiary/aromatic N) is 1. The molecule has 0 unspecified atom stereocenters. The summed E-state index contributed by atoms with van der Waals surface area (Å²) in [4.78, 5) is 26.5. The third-order valence-corrected chi connectivity index (χ3v) is 5.54. The number of para-hydroxylation sites is 1. The number of hydrogen-bond donors (Lipinski definition) is 1. The summed E-state index contributed by atoms with van der Waals surface area (Å²) in [5.41, 5.74) is 3.23. The number of benzene rings is 2. The first-order valence-electron chi connectivity index (χ1n) is 10.4. The van der Waals surface area contributed by atoms with E-state index in [-0.39, 0.29) is 31.1 Å². The van der Waals surface area contributed by atoms with E-state index in [1.807, 2.05) is 57.2 Å². The van der Waals surface area contributed by atoms with Gasteiger partial charge in [0.2, 0.25) is 0 Å². The maximum Gasteiger partial charge on any atom is 0.260 e. The fourth-order valence-corrected chi connectivity index (χ4v) is 3.58. The minimum Gasteiger partial charge on any atom is -0.484 e. The number of amides is 2. The number of hydrogen-bond acceptors (Lipinski definition) is 4. The van der Waals surface area contributed by atoms with Gasteiger partial charge >= 0.3 is 0 Å². The van der Waals surface area contributed by atoms with Crippen molar-refractivity contribution in [2.45, 2.75) is 39.7 Å². The van der Waals surface area contributed by atoms with Crippen molar-refractivity contribution in [1.29, 1.82) is 0 Å². The number of carbonyl (C=O) groups is 2. The Bertz CT molecular complexity index is 874. The summed E-state index contributed by atoms with van der Waals surface area (Å²) in [6.45, 7) is 7.26. The monoisotopic (exact) mass is 410 g/mol. The average molecular weight is 411 g/mol. The van der Waals surface area contributed by atoms with Gasteiger partial charge < -0.3 is 19.7 Å². The highest BCUT2D eigenvalue weighted by atomic mass is 16.5. The number of piperidine rings is 1. The predicted molar refractivity (Wildman–Crippen MR) is 116 cm³/mol. The first kappa shape index (κ1) is 21.7. The lowest BCUT2D eigenvalue weighted by molar-refractivity contribution is -0.134. The number of likely N-dealkylation sites (tertiary alicyclic amines) is 1. The third kappa shape index (κ3) is 5.75. The van der Waals surface area contributed by atoms with Gasteiger partial charge in [-0.3, -0.25) is 9.59 Å². The van der Waals surface area contributed by atoms with Crippen LogP contribution < -0.4 is 14.8 Å². The van der Waals surface area contributed by atoms with E-state index in [1.165, 1.54) is 0 Å². The molecule has 1 fully saturated rings. The van der Waals surface area contributed by atoms with Crippen LogP contribution in [0.3, 0.4) is 0 Å². The second-order valence-electron chi connectivity index (χ2n) is 7.77. The highest BCUT2D eigenvalue weighted by Gasteiger charge is 2.24. The lowest BCUT2D eigenvalue weighted by atomic mass is 10.0. The summed E-state index contributed by atoms with van der Waals surface area (Å²) >= 11 is 0. The van der Waals surface area contributed by atoms with Crippen molar-refractivity contribution in [3.8, 4) is 11.5 Å². The van der Waals surface area contributed by atoms with Gasteiger partial charge in [-0.15, -0.1) is 0 Å². The number of nitrogens with one attached hydrogen (secondary N) is 1. The molecule has 2 aromatic carbocycles. The van der Waals surface area contributed by atoms with E-state index >= 15 is 0 Å². The molecular weight excluding hydrogens is 380 g/mol. The molecule has 0 saturated carbocycles. The molecule has 0 aromatic heterocycles. The molecule has 6 nitrogen and oxygen atoms in total. The van der Waals surface area contributed by atoms with Crippen LogP contribution in [0.5, 0.6) is 11.5 Å². The number of aryl methyl sites for hydroxylation is 2. The summed E-state index contributed by atoms with van der Waals surface area (Å²) < 4.78 is 11.3. The van der Waals surface area contributed by atoms with E-state index in [4.69, 9.17) is 9.47 Å². The molecule has 2 aromatic rings. The van der Waals surface area contributed by atoms with Gasteiger partial charge in [0.15, 0.2) is 13.2 Å². The molecule has 6 heteroatoms. The minimum atomic E-state index is -0.132. The van der Waals surface area contributed by atoms with Crippen LogP contribution in [0.1, 0.15) is 29.5 Å². The van der Waals surface area contributed by atoms with Crippen LogP contribution in [0.25, 0.3) is 0 Å². The summed E-state index contributed by atoms with van der Waals surface area (Å²) in [5, 5.41) is 3.03. The predicted octanol–water partition coefficient (Wildman–Crippen LogP) is 3.18. The molecule has 160 valence electrons. The van der Waals surface area contributed by atoms with E-state index in [2.05, 4.69) is 11.4 Å². The zero-order valence-corrected chi connectivity index (χ0v) is 17.9. The van der Waals surface area contributed by atoms with Gasteiger partial charge in [0.05, 0.1) is 0 Å². The summed E-state index contributed by atoms with van der Waals surface area (Å²) in [5.74, 6) is 1.31. The van der Waals surface area contributed by atoms with Gasteiger partial charge in [0.1, 0.15) is 11.5 Å². The summed E-state index contributed by atoms with van der Waals surface area (Å²) in [6, 6.07) is 13.4. The Balaban J connectivity index is 1.39.